The van der Waals surface area contributed by atoms with Gasteiger partial charge in [-0.1, -0.05) is 12.1 Å². The molecule has 8 nitrogen and oxygen atoms in total. The third kappa shape index (κ3) is 2.41. The maximum absolute atomic E-state index is 11.0. The maximum atomic E-state index is 11.0. The van der Waals surface area contributed by atoms with Crippen molar-refractivity contribution in [1.82, 2.24) is 19.7 Å². The standard InChI is InChI=1S/C14H13N5O3/c1-22-9-4-2-8(3-5-9)7-19-13-10(6-16-19)17-11(14(20)21)12(15)18-13/h2-6H,7H2,1H3,(H2,15,18)(H,20,21). The van der Waals surface area contributed by atoms with E-state index in [0.717, 1.165) is 11.3 Å². The minimum Gasteiger partial charge on any atom is -0.497 e. The van der Waals surface area contributed by atoms with Gasteiger partial charge in [0.1, 0.15) is 11.3 Å². The number of hydrogen-bond donors (Lipinski definition) is 2. The highest BCUT2D eigenvalue weighted by Gasteiger charge is 2.15. The number of nitrogens with two attached hydrogens (primary N) is 1. The van der Waals surface area contributed by atoms with Crippen molar-refractivity contribution in [1.29, 1.82) is 0 Å². The SMILES string of the molecule is COc1ccc(Cn2ncc3nc(C(=O)O)c(N)nc32)cc1. The summed E-state index contributed by atoms with van der Waals surface area (Å²) in [6, 6.07) is 7.52. The van der Waals surface area contributed by atoms with Crippen LogP contribution in [0, 0.1) is 0 Å². The lowest BCUT2D eigenvalue weighted by atomic mass is 10.2. The first-order valence-electron chi connectivity index (χ1n) is 6.43. The minimum absolute atomic E-state index is 0.128. The van der Waals surface area contributed by atoms with Crippen LogP contribution in [0.25, 0.3) is 11.2 Å². The van der Waals surface area contributed by atoms with Crippen LogP contribution in [0.3, 0.4) is 0 Å². The summed E-state index contributed by atoms with van der Waals surface area (Å²) in [6.07, 6.45) is 1.47. The van der Waals surface area contributed by atoms with Crippen LogP contribution < -0.4 is 10.5 Å². The van der Waals surface area contributed by atoms with Gasteiger partial charge in [0.05, 0.1) is 19.9 Å². The van der Waals surface area contributed by atoms with E-state index in [1.165, 1.54) is 6.20 Å². The van der Waals surface area contributed by atoms with E-state index in [2.05, 4.69) is 15.1 Å². The number of aromatic carboxylic acids is 1. The Morgan fingerprint density at radius 3 is 2.68 bits per heavy atom. The van der Waals surface area contributed by atoms with Gasteiger partial charge in [0, 0.05) is 0 Å². The lowest BCUT2D eigenvalue weighted by Crippen LogP contribution is -2.09. The molecule has 8 heteroatoms. The van der Waals surface area contributed by atoms with Crippen LogP contribution in [-0.4, -0.2) is 37.9 Å². The van der Waals surface area contributed by atoms with Gasteiger partial charge in [0.15, 0.2) is 17.2 Å². The maximum Gasteiger partial charge on any atom is 0.358 e. The molecule has 0 amide bonds. The number of anilines is 1. The van der Waals surface area contributed by atoms with E-state index in [1.807, 2.05) is 24.3 Å². The molecule has 22 heavy (non-hydrogen) atoms. The Hall–Kier alpha value is -3.16. The fourth-order valence-electron chi connectivity index (χ4n) is 2.08. The summed E-state index contributed by atoms with van der Waals surface area (Å²) < 4.78 is 6.73. The predicted octanol–water partition coefficient (Wildman–Crippen LogP) is 1.16. The molecular weight excluding hydrogens is 286 g/mol. The molecule has 112 valence electrons. The van der Waals surface area contributed by atoms with Crippen molar-refractivity contribution in [3.8, 4) is 5.75 Å². The lowest BCUT2D eigenvalue weighted by molar-refractivity contribution is 0.0692. The van der Waals surface area contributed by atoms with E-state index in [1.54, 1.807) is 11.8 Å². The molecule has 0 fully saturated rings. The molecule has 0 saturated heterocycles. The number of nitrogen functional groups attached to an aromatic ring is 1. The highest BCUT2D eigenvalue weighted by Crippen LogP contribution is 2.17. The number of fused-ring (bicyclic) bond motifs is 1. The number of carboxylic acid groups (broad SMARTS) is 1. The first-order valence-corrected chi connectivity index (χ1v) is 6.43. The summed E-state index contributed by atoms with van der Waals surface area (Å²) in [6.45, 7) is 0.466. The molecule has 2 aromatic heterocycles. The zero-order chi connectivity index (χ0) is 15.7. The van der Waals surface area contributed by atoms with Crippen LogP contribution in [0.5, 0.6) is 5.75 Å². The van der Waals surface area contributed by atoms with Gasteiger partial charge in [0.2, 0.25) is 0 Å². The number of carboxylic acids is 1. The van der Waals surface area contributed by atoms with Gasteiger partial charge >= 0.3 is 5.97 Å². The zero-order valence-electron chi connectivity index (χ0n) is 11.7. The number of rotatable bonds is 4. The molecule has 3 N–H and O–H groups in total. The van der Waals surface area contributed by atoms with E-state index < -0.39 is 5.97 Å². The third-order valence-corrected chi connectivity index (χ3v) is 3.19. The van der Waals surface area contributed by atoms with Crippen LogP contribution >= 0.6 is 0 Å². The first-order chi connectivity index (χ1) is 10.6. The number of aromatic nitrogens is 4. The number of ether oxygens (including phenoxy) is 1. The monoisotopic (exact) mass is 299 g/mol. The second-order valence-electron chi connectivity index (χ2n) is 4.62. The molecule has 0 unspecified atom stereocenters. The molecule has 0 spiro atoms. The molecule has 0 aliphatic rings. The quantitative estimate of drug-likeness (QED) is 0.742. The Balaban J connectivity index is 1.97. The van der Waals surface area contributed by atoms with Gasteiger partial charge < -0.3 is 15.6 Å². The fourth-order valence-corrected chi connectivity index (χ4v) is 2.08. The Kier molecular flexibility index (Phi) is 3.34. The Morgan fingerprint density at radius 2 is 2.05 bits per heavy atom. The van der Waals surface area contributed by atoms with E-state index in [-0.39, 0.29) is 11.5 Å². The summed E-state index contributed by atoms with van der Waals surface area (Å²) in [5, 5.41) is 13.2. The molecular formula is C14H13N5O3. The van der Waals surface area contributed by atoms with Crippen LogP contribution in [0.4, 0.5) is 5.82 Å². The number of methoxy groups -OCH3 is 1. The van der Waals surface area contributed by atoms with E-state index in [0.29, 0.717) is 17.7 Å². The van der Waals surface area contributed by atoms with Crippen molar-refractivity contribution >= 4 is 23.0 Å². The minimum atomic E-state index is -1.21. The summed E-state index contributed by atoms with van der Waals surface area (Å²) in [5.41, 5.74) is 7.19. The van der Waals surface area contributed by atoms with Crippen molar-refractivity contribution in [2.24, 2.45) is 0 Å². The molecule has 0 aliphatic carbocycles. The molecule has 0 aliphatic heterocycles. The Morgan fingerprint density at radius 1 is 1.32 bits per heavy atom. The molecule has 1 aromatic carbocycles. The number of carbonyl (C=O) groups is 1. The summed E-state index contributed by atoms with van der Waals surface area (Å²) in [4.78, 5) is 19.1. The fraction of sp³-hybridized carbons (Fsp3) is 0.143. The molecule has 0 atom stereocenters. The van der Waals surface area contributed by atoms with Gasteiger partial charge in [-0.3, -0.25) is 0 Å². The number of hydrogen-bond acceptors (Lipinski definition) is 6. The largest absolute Gasteiger partial charge is 0.497 e. The topological polar surface area (TPSA) is 116 Å². The molecule has 3 rings (SSSR count). The zero-order valence-corrected chi connectivity index (χ0v) is 11.7. The number of benzene rings is 1. The number of nitrogens with zero attached hydrogens (tertiary/aromatic N) is 4. The normalized spacial score (nSPS) is 10.8. The van der Waals surface area contributed by atoms with Crippen molar-refractivity contribution in [3.05, 3.63) is 41.7 Å². The van der Waals surface area contributed by atoms with Gasteiger partial charge in [0.25, 0.3) is 0 Å². The van der Waals surface area contributed by atoms with E-state index in [9.17, 15) is 4.79 Å². The molecule has 2 heterocycles. The second kappa shape index (κ2) is 5.32. The third-order valence-electron chi connectivity index (χ3n) is 3.19. The lowest BCUT2D eigenvalue weighted by Gasteiger charge is -2.05. The van der Waals surface area contributed by atoms with Gasteiger partial charge in [-0.25, -0.2) is 19.4 Å². The average molecular weight is 299 g/mol. The van der Waals surface area contributed by atoms with Crippen molar-refractivity contribution < 1.29 is 14.6 Å². The van der Waals surface area contributed by atoms with Gasteiger partial charge in [-0.15, -0.1) is 0 Å². The van der Waals surface area contributed by atoms with E-state index >= 15 is 0 Å². The van der Waals surface area contributed by atoms with Gasteiger partial charge in [-0.2, -0.15) is 5.10 Å². The highest BCUT2D eigenvalue weighted by atomic mass is 16.5. The molecule has 0 radical (unpaired) electrons. The van der Waals surface area contributed by atoms with Gasteiger partial charge in [-0.05, 0) is 17.7 Å². The van der Waals surface area contributed by atoms with Crippen molar-refractivity contribution in [2.75, 3.05) is 12.8 Å². The highest BCUT2D eigenvalue weighted by molar-refractivity contribution is 5.92. The van der Waals surface area contributed by atoms with Crippen LogP contribution in [0.1, 0.15) is 16.1 Å². The van der Waals surface area contributed by atoms with Crippen LogP contribution in [0.2, 0.25) is 0 Å². The molecule has 3 aromatic rings. The average Bonchev–Trinajstić information content (AvgIpc) is 2.89. The summed E-state index contributed by atoms with van der Waals surface area (Å²) >= 11 is 0. The summed E-state index contributed by atoms with van der Waals surface area (Å²) in [7, 11) is 1.61. The first kappa shape index (κ1) is 13.8. The Labute approximate surface area is 125 Å². The smallest absolute Gasteiger partial charge is 0.358 e. The van der Waals surface area contributed by atoms with Crippen molar-refractivity contribution in [3.63, 3.8) is 0 Å². The summed E-state index contributed by atoms with van der Waals surface area (Å²) in [5.74, 6) is -0.574. The molecule has 0 bridgehead atoms. The predicted molar refractivity (Wildman–Crippen MR) is 78.8 cm³/mol. The Bertz CT molecular complexity index is 842. The molecule has 0 saturated carbocycles. The van der Waals surface area contributed by atoms with E-state index in [4.69, 9.17) is 15.6 Å². The van der Waals surface area contributed by atoms with Crippen molar-refractivity contribution in [2.45, 2.75) is 6.54 Å². The van der Waals surface area contributed by atoms with Crippen LogP contribution in [-0.2, 0) is 6.54 Å². The second-order valence-corrected chi connectivity index (χ2v) is 4.62. The van der Waals surface area contributed by atoms with Crippen LogP contribution in [0.15, 0.2) is 30.5 Å².